The lowest BCUT2D eigenvalue weighted by atomic mass is 9.99. The molecule has 246 valence electrons. The lowest BCUT2D eigenvalue weighted by Gasteiger charge is -2.23. The summed E-state index contributed by atoms with van der Waals surface area (Å²) in [6.45, 7) is 7.94. The van der Waals surface area contributed by atoms with Gasteiger partial charge in [0.05, 0.1) is 11.4 Å². The number of amides is 1. The Labute approximate surface area is 283 Å². The molecule has 1 aliphatic rings. The number of carbonyl (C=O) groups is 1. The van der Waals surface area contributed by atoms with E-state index in [4.69, 9.17) is 10.5 Å². The van der Waals surface area contributed by atoms with Crippen molar-refractivity contribution in [1.29, 1.82) is 0 Å². The fourth-order valence-electron chi connectivity index (χ4n) is 6.09. The van der Waals surface area contributed by atoms with Crippen LogP contribution in [0.2, 0.25) is 0 Å². The van der Waals surface area contributed by atoms with Gasteiger partial charge in [-0.3, -0.25) is 14.6 Å². The van der Waals surface area contributed by atoms with Crippen molar-refractivity contribution in [3.63, 3.8) is 0 Å². The predicted molar refractivity (Wildman–Crippen MR) is 191 cm³/mol. The first-order valence-electron chi connectivity index (χ1n) is 15.9. The highest BCUT2D eigenvalue weighted by Gasteiger charge is 2.21. The van der Waals surface area contributed by atoms with Crippen LogP contribution in [-0.4, -0.2) is 43.2 Å². The molecule has 48 heavy (non-hydrogen) atoms. The Hall–Kier alpha value is -4.84. The number of hydrogen-bond acceptors (Lipinski definition) is 9. The monoisotopic (exact) mass is 662 g/mol. The summed E-state index contributed by atoms with van der Waals surface area (Å²) in [7, 11) is 0. The van der Waals surface area contributed by atoms with Crippen LogP contribution in [0.5, 0.6) is 0 Å². The Kier molecular flexibility index (Phi) is 10.00. The fourth-order valence-corrected chi connectivity index (χ4v) is 6.43. The highest BCUT2D eigenvalue weighted by molar-refractivity contribution is 7.92. The summed E-state index contributed by atoms with van der Waals surface area (Å²) >= 11 is 0.612. The van der Waals surface area contributed by atoms with Gasteiger partial charge in [0.2, 0.25) is 5.43 Å². The maximum absolute atomic E-state index is 13.8. The van der Waals surface area contributed by atoms with E-state index in [-0.39, 0.29) is 22.6 Å². The molecule has 4 aromatic heterocycles. The van der Waals surface area contributed by atoms with Gasteiger partial charge in [0, 0.05) is 72.0 Å². The largest absolute Gasteiger partial charge is 0.383 e. The minimum Gasteiger partial charge on any atom is -0.383 e. The van der Waals surface area contributed by atoms with Crippen molar-refractivity contribution in [2.45, 2.75) is 45.9 Å². The van der Waals surface area contributed by atoms with E-state index < -0.39 is 5.91 Å². The molecule has 1 aromatic carbocycles. The number of carbonyl (C=O) groups excluding carboxylic acids is 1. The van der Waals surface area contributed by atoms with Crippen LogP contribution in [0.15, 0.2) is 78.0 Å². The maximum Gasteiger partial charge on any atom is 0.262 e. The van der Waals surface area contributed by atoms with Gasteiger partial charge in [-0.25, -0.2) is 9.97 Å². The number of ether oxygens (including phenoxy) is 1. The molecule has 1 saturated heterocycles. The Balaban J connectivity index is 1.34. The molecule has 5 aromatic rings. The van der Waals surface area contributed by atoms with E-state index >= 15 is 0 Å². The molecule has 6 rings (SSSR count). The highest BCUT2D eigenvalue weighted by Crippen LogP contribution is 2.33. The SMILES string of the molecule is Cc1ccc(-c2cn(CC3CCOCC3)cc(C(=O)Nc3ccc(-c4cc(-c5cc(C)nc(C)c5)cnc4N)c(CSO)n3)c2=O)cc1. The second-order valence-corrected chi connectivity index (χ2v) is 12.8. The molecule has 0 aliphatic carbocycles. The number of benzene rings is 1. The van der Waals surface area contributed by atoms with Crippen LogP contribution in [0.4, 0.5) is 11.6 Å². The quantitative estimate of drug-likeness (QED) is 0.143. The summed E-state index contributed by atoms with van der Waals surface area (Å²) in [5, 5.41) is 2.83. The minimum atomic E-state index is -0.566. The third-order valence-electron chi connectivity index (χ3n) is 8.54. The van der Waals surface area contributed by atoms with Crippen LogP contribution in [0.1, 0.15) is 45.8 Å². The van der Waals surface area contributed by atoms with Crippen LogP contribution >= 0.6 is 12.0 Å². The van der Waals surface area contributed by atoms with E-state index in [0.717, 1.165) is 46.5 Å². The van der Waals surface area contributed by atoms with E-state index in [2.05, 4.69) is 20.3 Å². The number of aryl methyl sites for hydroxylation is 3. The Morgan fingerprint density at radius 3 is 2.38 bits per heavy atom. The van der Waals surface area contributed by atoms with Crippen molar-refractivity contribution in [1.82, 2.24) is 19.5 Å². The highest BCUT2D eigenvalue weighted by atomic mass is 32.2. The van der Waals surface area contributed by atoms with Gasteiger partial charge in [-0.1, -0.05) is 29.8 Å². The number of hydrogen-bond donors (Lipinski definition) is 3. The summed E-state index contributed by atoms with van der Waals surface area (Å²) in [5.74, 6) is 0.498. The number of nitrogens with one attached hydrogen (secondary N) is 1. The smallest absolute Gasteiger partial charge is 0.262 e. The molecule has 0 unspecified atom stereocenters. The first kappa shape index (κ1) is 33.1. The molecule has 1 fully saturated rings. The number of rotatable bonds is 9. The predicted octanol–water partition coefficient (Wildman–Crippen LogP) is 6.93. The Bertz CT molecular complexity index is 2000. The van der Waals surface area contributed by atoms with Gasteiger partial charge in [0.15, 0.2) is 0 Å². The van der Waals surface area contributed by atoms with Gasteiger partial charge in [0.25, 0.3) is 5.91 Å². The third-order valence-corrected chi connectivity index (χ3v) is 8.94. The zero-order valence-corrected chi connectivity index (χ0v) is 28.0. The van der Waals surface area contributed by atoms with Crippen molar-refractivity contribution < 1.29 is 14.1 Å². The van der Waals surface area contributed by atoms with Crippen LogP contribution in [0, 0.1) is 26.7 Å². The third kappa shape index (κ3) is 7.49. The van der Waals surface area contributed by atoms with E-state index in [1.165, 1.54) is 0 Å². The summed E-state index contributed by atoms with van der Waals surface area (Å²) in [4.78, 5) is 41.2. The van der Waals surface area contributed by atoms with Crippen molar-refractivity contribution >= 4 is 29.6 Å². The van der Waals surface area contributed by atoms with Gasteiger partial charge >= 0.3 is 0 Å². The van der Waals surface area contributed by atoms with E-state index in [1.54, 1.807) is 24.5 Å². The summed E-state index contributed by atoms with van der Waals surface area (Å²) in [5.41, 5.74) is 13.7. The van der Waals surface area contributed by atoms with Crippen LogP contribution in [0.25, 0.3) is 33.4 Å². The molecule has 1 amide bonds. The van der Waals surface area contributed by atoms with Crippen LogP contribution in [-0.2, 0) is 17.0 Å². The molecular formula is C37H38N6O4S. The van der Waals surface area contributed by atoms with Gasteiger partial charge < -0.3 is 24.9 Å². The molecule has 5 heterocycles. The second kappa shape index (κ2) is 14.5. The number of nitrogens with two attached hydrogens (primary N) is 1. The van der Waals surface area contributed by atoms with Gasteiger partial charge in [-0.05, 0) is 93.0 Å². The molecule has 11 heteroatoms. The first-order valence-corrected chi connectivity index (χ1v) is 16.8. The van der Waals surface area contributed by atoms with Gasteiger partial charge in [0.1, 0.15) is 17.2 Å². The zero-order chi connectivity index (χ0) is 33.8. The lowest BCUT2D eigenvalue weighted by Crippen LogP contribution is -2.27. The summed E-state index contributed by atoms with van der Waals surface area (Å²) < 4.78 is 17.3. The van der Waals surface area contributed by atoms with Gasteiger partial charge in [-0.15, -0.1) is 0 Å². The molecule has 0 radical (unpaired) electrons. The van der Waals surface area contributed by atoms with Crippen molar-refractivity contribution in [3.05, 3.63) is 112 Å². The van der Waals surface area contributed by atoms with E-state index in [1.807, 2.05) is 74.0 Å². The average molecular weight is 663 g/mol. The minimum absolute atomic E-state index is 0.0215. The Morgan fingerprint density at radius 2 is 1.67 bits per heavy atom. The molecule has 0 spiro atoms. The molecular weight excluding hydrogens is 625 g/mol. The van der Waals surface area contributed by atoms with E-state index in [9.17, 15) is 14.1 Å². The molecule has 4 N–H and O–H groups in total. The zero-order valence-electron chi connectivity index (χ0n) is 27.2. The van der Waals surface area contributed by atoms with Crippen LogP contribution < -0.4 is 16.5 Å². The van der Waals surface area contributed by atoms with Crippen molar-refractivity contribution in [3.8, 4) is 33.4 Å². The number of pyridine rings is 4. The summed E-state index contributed by atoms with van der Waals surface area (Å²) in [6, 6.07) is 17.1. The molecule has 0 atom stereocenters. The second-order valence-electron chi connectivity index (χ2n) is 12.2. The first-order chi connectivity index (χ1) is 23.2. The number of anilines is 2. The number of aromatic nitrogens is 4. The number of nitrogen functional groups attached to an aromatic ring is 1. The topological polar surface area (TPSA) is 145 Å². The van der Waals surface area contributed by atoms with Crippen molar-refractivity contribution in [2.24, 2.45) is 5.92 Å². The van der Waals surface area contributed by atoms with Gasteiger partial charge in [-0.2, -0.15) is 0 Å². The average Bonchev–Trinajstić information content (AvgIpc) is 3.06. The van der Waals surface area contributed by atoms with Crippen LogP contribution in [0.3, 0.4) is 0 Å². The van der Waals surface area contributed by atoms with E-state index in [0.29, 0.717) is 65.9 Å². The Morgan fingerprint density at radius 1 is 0.938 bits per heavy atom. The van der Waals surface area contributed by atoms with Crippen molar-refractivity contribution in [2.75, 3.05) is 24.3 Å². The molecule has 0 saturated carbocycles. The maximum atomic E-state index is 13.8. The normalized spacial score (nSPS) is 13.4. The fraction of sp³-hybridized carbons (Fsp3) is 0.270. The number of nitrogens with zero attached hydrogens (tertiary/aromatic N) is 4. The lowest BCUT2D eigenvalue weighted by molar-refractivity contribution is 0.0612. The standard InChI is InChI=1S/C37H38N6O4S/c1-22-4-6-26(7-5-22)31-19-43(18-25-10-12-47-13-11-25)20-32(35(31)44)37(45)42-34-9-8-29(33(41-34)21-48-46)30-16-28(17-39-36(30)38)27-14-23(2)40-24(3)15-27/h4-9,14-17,19-20,25,46H,10-13,18,21H2,1-3H3,(H2,38,39)(H,41,42,45). The summed E-state index contributed by atoms with van der Waals surface area (Å²) in [6.07, 6.45) is 7.02. The molecule has 1 aliphatic heterocycles. The molecule has 10 nitrogen and oxygen atoms in total. The molecule has 0 bridgehead atoms.